The third kappa shape index (κ3) is 3.24. The molecule has 130 valence electrons. The van der Waals surface area contributed by atoms with Crippen LogP contribution in [0.2, 0.25) is 0 Å². The lowest BCUT2D eigenvalue weighted by Crippen LogP contribution is -2.46. The lowest BCUT2D eigenvalue weighted by Gasteiger charge is -2.30. The minimum Gasteiger partial charge on any atom is -0.341 e. The molecule has 1 aromatic carbocycles. The van der Waals surface area contributed by atoms with Crippen molar-refractivity contribution in [3.05, 3.63) is 34.7 Å². The number of nitrogens with two attached hydrogens (primary N) is 1. The highest BCUT2D eigenvalue weighted by Gasteiger charge is 2.21. The van der Waals surface area contributed by atoms with E-state index >= 15 is 0 Å². The Morgan fingerprint density at radius 3 is 2.50 bits per heavy atom. The van der Waals surface area contributed by atoms with Gasteiger partial charge in [-0.15, -0.1) is 0 Å². The first-order valence-corrected chi connectivity index (χ1v) is 8.83. The van der Waals surface area contributed by atoms with Crippen molar-refractivity contribution in [1.29, 1.82) is 0 Å². The van der Waals surface area contributed by atoms with Crippen LogP contribution >= 0.6 is 0 Å². The van der Waals surface area contributed by atoms with Gasteiger partial charge in [-0.05, 0) is 31.4 Å². The van der Waals surface area contributed by atoms with Gasteiger partial charge < -0.3 is 10.6 Å². The van der Waals surface area contributed by atoms with Gasteiger partial charge in [-0.3, -0.25) is 13.9 Å². The Morgan fingerprint density at radius 2 is 1.88 bits per heavy atom. The fourth-order valence-electron chi connectivity index (χ4n) is 3.53. The van der Waals surface area contributed by atoms with Crippen molar-refractivity contribution in [2.75, 3.05) is 13.1 Å². The van der Waals surface area contributed by atoms with Crippen LogP contribution in [0, 0.1) is 0 Å². The molecule has 1 fully saturated rings. The Morgan fingerprint density at radius 1 is 1.21 bits per heavy atom. The highest BCUT2D eigenvalue weighted by atomic mass is 16.2. The Kier molecular flexibility index (Phi) is 5.04. The highest BCUT2D eigenvalue weighted by Crippen LogP contribution is 2.15. The number of nitrogens with zero attached hydrogens (tertiary/aromatic N) is 3. The topological polar surface area (TPSA) is 73.3 Å². The van der Waals surface area contributed by atoms with Crippen LogP contribution in [0.25, 0.3) is 11.0 Å². The summed E-state index contributed by atoms with van der Waals surface area (Å²) >= 11 is 0. The average Bonchev–Trinajstić information content (AvgIpc) is 2.85. The zero-order chi connectivity index (χ0) is 17.1. The lowest BCUT2D eigenvalue weighted by atomic mass is 10.1. The van der Waals surface area contributed by atoms with Gasteiger partial charge in [0.1, 0.15) is 0 Å². The third-order valence-corrected chi connectivity index (χ3v) is 4.73. The van der Waals surface area contributed by atoms with Gasteiger partial charge in [-0.1, -0.05) is 19.1 Å². The Bertz CT molecular complexity index is 777. The fraction of sp³-hybridized carbons (Fsp3) is 0.556. The molecule has 2 N–H and O–H groups in total. The number of hydrogen-bond donors (Lipinski definition) is 1. The summed E-state index contributed by atoms with van der Waals surface area (Å²) in [7, 11) is 0. The molecule has 1 unspecified atom stereocenters. The number of imidazole rings is 1. The van der Waals surface area contributed by atoms with Gasteiger partial charge in [0.25, 0.3) is 0 Å². The van der Waals surface area contributed by atoms with Crippen LogP contribution in [0.3, 0.4) is 0 Å². The van der Waals surface area contributed by atoms with E-state index < -0.39 is 0 Å². The van der Waals surface area contributed by atoms with E-state index in [0.717, 1.165) is 36.8 Å². The van der Waals surface area contributed by atoms with Gasteiger partial charge in [-0.2, -0.15) is 0 Å². The maximum atomic E-state index is 12.7. The van der Waals surface area contributed by atoms with Crippen LogP contribution in [0.4, 0.5) is 0 Å². The minimum absolute atomic E-state index is 0.0267. The van der Waals surface area contributed by atoms with Gasteiger partial charge in [0.05, 0.1) is 11.0 Å². The molecule has 6 nitrogen and oxygen atoms in total. The van der Waals surface area contributed by atoms with Gasteiger partial charge in [0.15, 0.2) is 0 Å². The summed E-state index contributed by atoms with van der Waals surface area (Å²) in [5.41, 5.74) is 7.77. The number of para-hydroxylation sites is 2. The molecule has 1 amide bonds. The second kappa shape index (κ2) is 7.21. The van der Waals surface area contributed by atoms with Gasteiger partial charge in [0, 0.05) is 38.6 Å². The molecule has 1 saturated heterocycles. The van der Waals surface area contributed by atoms with Crippen molar-refractivity contribution in [2.24, 2.45) is 5.73 Å². The maximum Gasteiger partial charge on any atom is 0.329 e. The number of aromatic nitrogens is 2. The standard InChI is InChI=1S/C18H26N4O2/c1-2-10-21-15-7-3-4-8-16(15)22(18(21)24)12-9-17(23)20-11-5-6-14(19)13-20/h3-4,7-8,14H,2,5-6,9-13,19H2,1H3. The largest absolute Gasteiger partial charge is 0.341 e. The number of piperidine rings is 1. The van der Waals surface area contributed by atoms with Crippen LogP contribution in [-0.4, -0.2) is 39.1 Å². The number of hydrogen-bond acceptors (Lipinski definition) is 3. The van der Waals surface area contributed by atoms with Crippen LogP contribution in [0.15, 0.2) is 29.1 Å². The molecule has 3 rings (SSSR count). The summed E-state index contributed by atoms with van der Waals surface area (Å²) in [5.74, 6) is 0.0874. The van der Waals surface area contributed by atoms with E-state index in [9.17, 15) is 9.59 Å². The zero-order valence-electron chi connectivity index (χ0n) is 14.3. The maximum absolute atomic E-state index is 12.7. The summed E-state index contributed by atoms with van der Waals surface area (Å²) in [5, 5.41) is 0. The molecule has 24 heavy (non-hydrogen) atoms. The first kappa shape index (κ1) is 16.8. The van der Waals surface area contributed by atoms with E-state index in [0.29, 0.717) is 26.1 Å². The van der Waals surface area contributed by atoms with Crippen LogP contribution < -0.4 is 11.4 Å². The normalized spacial score (nSPS) is 18.2. The SMILES string of the molecule is CCCn1c(=O)n(CCC(=O)N2CCCC(N)C2)c2ccccc21. The molecule has 1 aromatic heterocycles. The van der Waals surface area contributed by atoms with Crippen molar-refractivity contribution in [1.82, 2.24) is 14.0 Å². The molecule has 0 spiro atoms. The molecule has 0 saturated carbocycles. The number of rotatable bonds is 5. The van der Waals surface area contributed by atoms with E-state index in [1.54, 1.807) is 9.13 Å². The number of aryl methyl sites for hydroxylation is 2. The van der Waals surface area contributed by atoms with E-state index in [2.05, 4.69) is 6.92 Å². The van der Waals surface area contributed by atoms with Crippen molar-refractivity contribution in [3.63, 3.8) is 0 Å². The molecule has 0 bridgehead atoms. The van der Waals surface area contributed by atoms with E-state index in [1.807, 2.05) is 29.2 Å². The smallest absolute Gasteiger partial charge is 0.329 e. The minimum atomic E-state index is -0.0267. The zero-order valence-corrected chi connectivity index (χ0v) is 14.3. The Balaban J connectivity index is 1.79. The van der Waals surface area contributed by atoms with Crippen LogP contribution in [0.5, 0.6) is 0 Å². The number of fused-ring (bicyclic) bond motifs is 1. The van der Waals surface area contributed by atoms with Crippen molar-refractivity contribution >= 4 is 16.9 Å². The van der Waals surface area contributed by atoms with Crippen molar-refractivity contribution in [3.8, 4) is 0 Å². The molecule has 0 aliphatic carbocycles. The predicted molar refractivity (Wildman–Crippen MR) is 94.9 cm³/mol. The molecule has 2 aromatic rings. The molecule has 1 aliphatic rings. The Labute approximate surface area is 141 Å². The Hall–Kier alpha value is -2.08. The molecule has 0 radical (unpaired) electrons. The van der Waals surface area contributed by atoms with Gasteiger partial charge in [-0.25, -0.2) is 4.79 Å². The molecule has 1 aliphatic heterocycles. The third-order valence-electron chi connectivity index (χ3n) is 4.73. The van der Waals surface area contributed by atoms with E-state index in [1.165, 1.54) is 0 Å². The quantitative estimate of drug-likeness (QED) is 0.904. The molecular weight excluding hydrogens is 304 g/mol. The molecule has 6 heteroatoms. The summed E-state index contributed by atoms with van der Waals surface area (Å²) in [6.07, 6.45) is 3.18. The second-order valence-electron chi connectivity index (χ2n) is 6.57. The number of carbonyl (C=O) groups excluding carboxylic acids is 1. The number of amides is 1. The lowest BCUT2D eigenvalue weighted by molar-refractivity contribution is -0.132. The first-order valence-electron chi connectivity index (χ1n) is 8.83. The van der Waals surface area contributed by atoms with Crippen molar-refractivity contribution in [2.45, 2.75) is 51.7 Å². The molecule has 2 heterocycles. The molecular formula is C18H26N4O2. The highest BCUT2D eigenvalue weighted by molar-refractivity contribution is 5.78. The van der Waals surface area contributed by atoms with E-state index in [-0.39, 0.29) is 17.6 Å². The van der Waals surface area contributed by atoms with E-state index in [4.69, 9.17) is 5.73 Å². The van der Waals surface area contributed by atoms with Gasteiger partial charge >= 0.3 is 5.69 Å². The van der Waals surface area contributed by atoms with Crippen LogP contribution in [0.1, 0.15) is 32.6 Å². The first-order chi connectivity index (χ1) is 11.6. The predicted octanol–water partition coefficient (Wildman–Crippen LogP) is 1.55. The summed E-state index contributed by atoms with van der Waals surface area (Å²) in [6.45, 7) is 4.58. The monoisotopic (exact) mass is 330 g/mol. The molecule has 1 atom stereocenters. The van der Waals surface area contributed by atoms with Crippen LogP contribution in [-0.2, 0) is 17.9 Å². The fourth-order valence-corrected chi connectivity index (χ4v) is 3.53. The summed E-state index contributed by atoms with van der Waals surface area (Å²) in [4.78, 5) is 27.0. The number of benzene rings is 1. The number of likely N-dealkylation sites (tertiary alicyclic amines) is 1. The van der Waals surface area contributed by atoms with Crippen molar-refractivity contribution < 1.29 is 4.79 Å². The number of carbonyl (C=O) groups is 1. The van der Waals surface area contributed by atoms with Gasteiger partial charge in [0.2, 0.25) is 5.91 Å². The summed E-state index contributed by atoms with van der Waals surface area (Å²) in [6, 6.07) is 7.87. The summed E-state index contributed by atoms with van der Waals surface area (Å²) < 4.78 is 3.53. The average molecular weight is 330 g/mol. The second-order valence-corrected chi connectivity index (χ2v) is 6.57.